The first-order valence-electron chi connectivity index (χ1n) is 6.60. The number of sulfonamides is 1. The molecule has 1 aromatic carbocycles. The highest BCUT2D eigenvalue weighted by Gasteiger charge is 2.34. The van der Waals surface area contributed by atoms with Crippen molar-refractivity contribution in [2.45, 2.75) is 23.8 Å². The van der Waals surface area contributed by atoms with Crippen molar-refractivity contribution in [2.24, 2.45) is 5.92 Å². The number of hydrogen-bond acceptors (Lipinski definition) is 5. The van der Waals surface area contributed by atoms with Gasteiger partial charge >= 0.3 is 5.97 Å². The monoisotopic (exact) mass is 386 g/mol. The molecule has 22 heavy (non-hydrogen) atoms. The first-order chi connectivity index (χ1) is 10.3. The molecule has 118 valence electrons. The van der Waals surface area contributed by atoms with Gasteiger partial charge in [0, 0.05) is 24.5 Å². The Kier molecular flexibility index (Phi) is 4.90. The predicted octanol–water partition coefficient (Wildman–Crippen LogP) is 2.16. The summed E-state index contributed by atoms with van der Waals surface area (Å²) in [5.41, 5.74) is 0.200. The molecule has 0 bridgehead atoms. The smallest absolute Gasteiger partial charge is 0.339 e. The Morgan fingerprint density at radius 3 is 2.55 bits per heavy atom. The van der Waals surface area contributed by atoms with Gasteiger partial charge in [0.15, 0.2) is 6.10 Å². The van der Waals surface area contributed by atoms with Crippen molar-refractivity contribution in [2.75, 3.05) is 14.1 Å². The molecule has 0 amide bonds. The Hall–Kier alpha value is -1.43. The van der Waals surface area contributed by atoms with Gasteiger partial charge in [0.05, 0.1) is 10.5 Å². The Morgan fingerprint density at radius 2 is 2.09 bits per heavy atom. The minimum Gasteiger partial charge on any atom is -0.443 e. The second kappa shape index (κ2) is 6.36. The zero-order valence-corrected chi connectivity index (χ0v) is 14.5. The van der Waals surface area contributed by atoms with Crippen LogP contribution in [0.25, 0.3) is 0 Å². The van der Waals surface area contributed by atoms with Crippen molar-refractivity contribution in [3.05, 3.63) is 28.2 Å². The third-order valence-electron chi connectivity index (χ3n) is 3.34. The predicted molar refractivity (Wildman–Crippen MR) is 82.6 cm³/mol. The summed E-state index contributed by atoms with van der Waals surface area (Å²) in [7, 11) is -0.744. The van der Waals surface area contributed by atoms with Gasteiger partial charge in [-0.05, 0) is 47.0 Å². The van der Waals surface area contributed by atoms with E-state index in [1.165, 1.54) is 32.3 Å². The molecular formula is C14H15BrN2O4S. The fourth-order valence-corrected chi connectivity index (χ4v) is 3.78. The minimum absolute atomic E-state index is 0.0630. The Labute approximate surface area is 137 Å². The molecule has 6 nitrogen and oxygen atoms in total. The first-order valence-corrected chi connectivity index (χ1v) is 8.83. The molecule has 1 fully saturated rings. The zero-order valence-electron chi connectivity index (χ0n) is 12.1. The maximum Gasteiger partial charge on any atom is 0.339 e. The van der Waals surface area contributed by atoms with Crippen LogP contribution in [0.5, 0.6) is 0 Å². The molecule has 2 rings (SSSR count). The van der Waals surface area contributed by atoms with E-state index in [0.717, 1.165) is 17.1 Å². The number of nitriles is 1. The van der Waals surface area contributed by atoms with Crippen LogP contribution >= 0.6 is 15.9 Å². The average molecular weight is 387 g/mol. The van der Waals surface area contributed by atoms with Crippen molar-refractivity contribution < 1.29 is 17.9 Å². The highest BCUT2D eigenvalue weighted by Crippen LogP contribution is 2.34. The lowest BCUT2D eigenvalue weighted by molar-refractivity contribution is 0.0369. The summed E-state index contributed by atoms with van der Waals surface area (Å²) in [6.07, 6.45) is 1.03. The van der Waals surface area contributed by atoms with E-state index in [-0.39, 0.29) is 20.8 Å². The largest absolute Gasteiger partial charge is 0.443 e. The fraction of sp³-hybridized carbons (Fsp3) is 0.429. The molecule has 0 aromatic heterocycles. The average Bonchev–Trinajstić information content (AvgIpc) is 3.28. The third-order valence-corrected chi connectivity index (χ3v) is 6.13. The van der Waals surface area contributed by atoms with Crippen LogP contribution in [0.4, 0.5) is 0 Å². The van der Waals surface area contributed by atoms with Gasteiger partial charge in [0.2, 0.25) is 10.0 Å². The summed E-state index contributed by atoms with van der Waals surface area (Å²) in [5.74, 6) is -0.515. The van der Waals surface area contributed by atoms with Crippen molar-refractivity contribution in [1.82, 2.24) is 4.31 Å². The molecule has 0 spiro atoms. The summed E-state index contributed by atoms with van der Waals surface area (Å²) < 4.78 is 30.7. The van der Waals surface area contributed by atoms with E-state index in [4.69, 9.17) is 10.00 Å². The standard InChI is InChI=1S/C14H15BrN2O4S/c1-17(2)22(19,20)13-6-5-10(7-11(13)15)14(18)21-12(8-16)9-3-4-9/h5-7,9,12H,3-4H2,1-2H3. The van der Waals surface area contributed by atoms with Gasteiger partial charge in [-0.25, -0.2) is 17.5 Å². The number of rotatable bonds is 5. The number of carbonyl (C=O) groups is 1. The second-order valence-electron chi connectivity index (χ2n) is 5.23. The number of benzene rings is 1. The van der Waals surface area contributed by atoms with E-state index in [1.54, 1.807) is 0 Å². The first kappa shape index (κ1) is 16.9. The molecule has 0 heterocycles. The molecular weight excluding hydrogens is 372 g/mol. The number of hydrogen-bond donors (Lipinski definition) is 0. The van der Waals surface area contributed by atoms with Crippen molar-refractivity contribution in [3.8, 4) is 6.07 Å². The van der Waals surface area contributed by atoms with Crippen LogP contribution in [0, 0.1) is 17.2 Å². The van der Waals surface area contributed by atoms with Gasteiger partial charge in [-0.1, -0.05) is 0 Å². The van der Waals surface area contributed by atoms with Crippen LogP contribution in [0.3, 0.4) is 0 Å². The van der Waals surface area contributed by atoms with E-state index >= 15 is 0 Å². The highest BCUT2D eigenvalue weighted by atomic mass is 79.9. The lowest BCUT2D eigenvalue weighted by Crippen LogP contribution is -2.23. The molecule has 1 aliphatic carbocycles. The maximum atomic E-state index is 12.1. The fourth-order valence-electron chi connectivity index (χ4n) is 1.84. The maximum absolute atomic E-state index is 12.1. The topological polar surface area (TPSA) is 87.5 Å². The molecule has 0 radical (unpaired) electrons. The van der Waals surface area contributed by atoms with Gasteiger partial charge in [-0.2, -0.15) is 5.26 Å². The SMILES string of the molecule is CN(C)S(=O)(=O)c1ccc(C(=O)OC(C#N)C2CC2)cc1Br. The summed E-state index contributed by atoms with van der Waals surface area (Å²) in [6.45, 7) is 0. The Morgan fingerprint density at radius 1 is 1.45 bits per heavy atom. The van der Waals surface area contributed by atoms with Gasteiger partial charge in [-0.3, -0.25) is 0 Å². The van der Waals surface area contributed by atoms with Crippen LogP contribution in [0.15, 0.2) is 27.6 Å². The quantitative estimate of drug-likeness (QED) is 0.723. The van der Waals surface area contributed by atoms with E-state index in [2.05, 4.69) is 15.9 Å². The molecule has 1 saturated carbocycles. The molecule has 1 aliphatic rings. The van der Waals surface area contributed by atoms with Crippen LogP contribution in [-0.2, 0) is 14.8 Å². The lowest BCUT2D eigenvalue weighted by atomic mass is 10.2. The molecule has 0 aliphatic heterocycles. The summed E-state index contributed by atoms with van der Waals surface area (Å²) in [4.78, 5) is 12.1. The summed E-state index contributed by atoms with van der Waals surface area (Å²) in [6, 6.07) is 6.08. The van der Waals surface area contributed by atoms with Crippen molar-refractivity contribution in [1.29, 1.82) is 5.26 Å². The van der Waals surface area contributed by atoms with Gasteiger partial charge in [0.1, 0.15) is 6.07 Å². The number of halogens is 1. The van der Waals surface area contributed by atoms with Gasteiger partial charge in [-0.15, -0.1) is 0 Å². The summed E-state index contributed by atoms with van der Waals surface area (Å²) in [5, 5.41) is 8.98. The number of nitrogens with zero attached hydrogens (tertiary/aromatic N) is 2. The minimum atomic E-state index is -3.60. The normalized spacial score (nSPS) is 16.1. The highest BCUT2D eigenvalue weighted by molar-refractivity contribution is 9.10. The Bertz CT molecular complexity index is 736. The van der Waals surface area contributed by atoms with E-state index in [1.807, 2.05) is 6.07 Å². The molecule has 0 N–H and O–H groups in total. The lowest BCUT2D eigenvalue weighted by Gasteiger charge is -2.14. The number of carbonyl (C=O) groups excluding carboxylic acids is 1. The molecule has 0 saturated heterocycles. The molecule has 1 unspecified atom stereocenters. The van der Waals surface area contributed by atoms with Crippen LogP contribution in [0.1, 0.15) is 23.2 Å². The van der Waals surface area contributed by atoms with E-state index < -0.39 is 22.1 Å². The van der Waals surface area contributed by atoms with Crippen LogP contribution in [-0.4, -0.2) is 38.9 Å². The van der Waals surface area contributed by atoms with Crippen LogP contribution in [0.2, 0.25) is 0 Å². The number of ether oxygens (including phenoxy) is 1. The van der Waals surface area contributed by atoms with Crippen molar-refractivity contribution in [3.63, 3.8) is 0 Å². The van der Waals surface area contributed by atoms with E-state index in [9.17, 15) is 13.2 Å². The third kappa shape index (κ3) is 3.48. The second-order valence-corrected chi connectivity index (χ2v) is 8.20. The zero-order chi connectivity index (χ0) is 16.5. The Balaban J connectivity index is 2.22. The van der Waals surface area contributed by atoms with Crippen molar-refractivity contribution >= 4 is 31.9 Å². The summed E-state index contributed by atoms with van der Waals surface area (Å²) >= 11 is 3.17. The molecule has 1 atom stereocenters. The van der Waals surface area contributed by atoms with Gasteiger partial charge in [0.25, 0.3) is 0 Å². The van der Waals surface area contributed by atoms with Crippen LogP contribution < -0.4 is 0 Å². The van der Waals surface area contributed by atoms with E-state index in [0.29, 0.717) is 0 Å². The van der Waals surface area contributed by atoms with Gasteiger partial charge < -0.3 is 4.74 Å². The number of esters is 1. The molecule has 1 aromatic rings. The molecule has 8 heteroatoms.